The quantitative estimate of drug-likeness (QED) is 0.389. The molecule has 0 aromatic heterocycles. The number of anilines is 1. The van der Waals surface area contributed by atoms with E-state index in [-0.39, 0.29) is 17.9 Å². The first-order valence-electron chi connectivity index (χ1n) is 13.8. The van der Waals surface area contributed by atoms with E-state index < -0.39 is 6.61 Å². The Morgan fingerprint density at radius 1 is 1.17 bits per heavy atom. The molecule has 0 saturated carbocycles. The highest BCUT2D eigenvalue weighted by Crippen LogP contribution is 2.27. The van der Waals surface area contributed by atoms with Crippen LogP contribution in [0.3, 0.4) is 0 Å². The van der Waals surface area contributed by atoms with Crippen molar-refractivity contribution < 1.29 is 19.4 Å². The lowest BCUT2D eigenvalue weighted by molar-refractivity contribution is -0.133. The molecule has 3 fully saturated rings. The molecule has 0 unspecified atom stereocenters. The monoisotopic (exact) mass is 557 g/mol. The van der Waals surface area contributed by atoms with E-state index in [0.717, 1.165) is 45.1 Å². The number of nitrogens with zero attached hydrogens (tertiary/aromatic N) is 7. The third-order valence-electron chi connectivity index (χ3n) is 7.87. The van der Waals surface area contributed by atoms with E-state index in [4.69, 9.17) is 14.6 Å². The standard InChI is InChI=1S/C30H35N7O4/c1-21-15-37(29(39)17-38)16-28(21)41-27-8-3-22(13-23(27)14-31)30(32-2)34-20-33-24-4-6-25(7-5-24)35-9-11-36(12-10-35)26-18-40-19-26/h3-8,13,20-21,26,28,38H,2,9-12,15-19H2,1H3/t21-,28-/m0/s1. The number of aliphatic imine (C=N–C) groups is 3. The highest BCUT2D eigenvalue weighted by molar-refractivity contribution is 6.05. The van der Waals surface area contributed by atoms with Gasteiger partial charge < -0.3 is 24.4 Å². The number of piperazine rings is 1. The Morgan fingerprint density at radius 3 is 2.56 bits per heavy atom. The van der Waals surface area contributed by atoms with Crippen LogP contribution in [0.15, 0.2) is 57.4 Å². The predicted octanol–water partition coefficient (Wildman–Crippen LogP) is 2.10. The van der Waals surface area contributed by atoms with E-state index in [2.05, 4.69) is 49.7 Å². The van der Waals surface area contributed by atoms with Gasteiger partial charge in [-0.1, -0.05) is 6.92 Å². The summed E-state index contributed by atoms with van der Waals surface area (Å²) >= 11 is 0. The van der Waals surface area contributed by atoms with Crippen molar-refractivity contribution in [1.29, 1.82) is 5.26 Å². The number of amides is 1. The maximum absolute atomic E-state index is 11.9. The summed E-state index contributed by atoms with van der Waals surface area (Å²) in [5.41, 5.74) is 2.88. The molecule has 3 aliphatic rings. The fraction of sp³-hybridized carbons (Fsp3) is 0.433. The average Bonchev–Trinajstić information content (AvgIpc) is 3.35. The van der Waals surface area contributed by atoms with Crippen LogP contribution in [0.1, 0.15) is 18.1 Å². The molecule has 3 aliphatic heterocycles. The molecule has 2 atom stereocenters. The Balaban J connectivity index is 1.20. The zero-order valence-electron chi connectivity index (χ0n) is 23.2. The third-order valence-corrected chi connectivity index (χ3v) is 7.87. The minimum Gasteiger partial charge on any atom is -0.487 e. The molecule has 11 nitrogen and oxygen atoms in total. The van der Waals surface area contributed by atoms with Crippen LogP contribution in [-0.2, 0) is 9.53 Å². The number of hydrogen-bond acceptors (Lipinski definition) is 8. The fourth-order valence-electron chi connectivity index (χ4n) is 5.30. The van der Waals surface area contributed by atoms with Gasteiger partial charge in [-0.3, -0.25) is 9.69 Å². The second kappa shape index (κ2) is 13.0. The van der Waals surface area contributed by atoms with E-state index in [9.17, 15) is 10.1 Å². The second-order valence-electron chi connectivity index (χ2n) is 10.5. The summed E-state index contributed by atoms with van der Waals surface area (Å²) in [5, 5.41) is 18.9. The minimum absolute atomic E-state index is 0.0617. The lowest BCUT2D eigenvalue weighted by Crippen LogP contribution is -2.56. The van der Waals surface area contributed by atoms with Crippen LogP contribution in [-0.4, -0.2) is 111 Å². The molecule has 214 valence electrons. The zero-order valence-corrected chi connectivity index (χ0v) is 23.2. The molecule has 0 bridgehead atoms. The van der Waals surface area contributed by atoms with Crippen molar-refractivity contribution in [3.05, 3.63) is 53.6 Å². The molecule has 41 heavy (non-hydrogen) atoms. The van der Waals surface area contributed by atoms with Gasteiger partial charge in [0, 0.05) is 49.9 Å². The van der Waals surface area contributed by atoms with Crippen LogP contribution in [0.4, 0.5) is 11.4 Å². The third kappa shape index (κ3) is 6.62. The number of nitriles is 1. The van der Waals surface area contributed by atoms with E-state index in [1.54, 1.807) is 23.1 Å². The lowest BCUT2D eigenvalue weighted by Gasteiger charge is -2.43. The average molecular weight is 558 g/mol. The topological polar surface area (TPSA) is 126 Å². The van der Waals surface area contributed by atoms with Crippen molar-refractivity contribution in [3.63, 3.8) is 0 Å². The van der Waals surface area contributed by atoms with Crippen LogP contribution in [0.5, 0.6) is 5.75 Å². The van der Waals surface area contributed by atoms with Gasteiger partial charge in [-0.2, -0.15) is 5.26 Å². The molecule has 0 radical (unpaired) electrons. The Kier molecular flexibility index (Phi) is 9.04. The molecule has 2 aromatic rings. The lowest BCUT2D eigenvalue weighted by atomic mass is 10.1. The first-order valence-corrected chi connectivity index (χ1v) is 13.8. The number of aliphatic hydroxyl groups excluding tert-OH is 1. The Morgan fingerprint density at radius 2 is 1.93 bits per heavy atom. The summed E-state index contributed by atoms with van der Waals surface area (Å²) in [7, 11) is 0. The van der Waals surface area contributed by atoms with Crippen molar-refractivity contribution in [3.8, 4) is 11.8 Å². The van der Waals surface area contributed by atoms with Crippen LogP contribution in [0, 0.1) is 17.2 Å². The van der Waals surface area contributed by atoms with Gasteiger partial charge >= 0.3 is 0 Å². The maximum Gasteiger partial charge on any atom is 0.248 e. The summed E-state index contributed by atoms with van der Waals surface area (Å²) in [6, 6.07) is 16.0. The molecule has 11 heteroatoms. The van der Waals surface area contributed by atoms with Crippen molar-refractivity contribution in [2.45, 2.75) is 19.1 Å². The number of amidine groups is 1. The smallest absolute Gasteiger partial charge is 0.248 e. The van der Waals surface area contributed by atoms with E-state index in [1.165, 1.54) is 12.0 Å². The number of ether oxygens (including phenoxy) is 2. The van der Waals surface area contributed by atoms with Crippen LogP contribution in [0.2, 0.25) is 0 Å². The largest absolute Gasteiger partial charge is 0.487 e. The molecule has 0 aliphatic carbocycles. The first-order chi connectivity index (χ1) is 20.0. The summed E-state index contributed by atoms with van der Waals surface area (Å²) in [6.07, 6.45) is 1.15. The molecule has 1 amide bonds. The number of hydrogen-bond donors (Lipinski definition) is 1. The van der Waals surface area contributed by atoms with Gasteiger partial charge in [0.1, 0.15) is 30.9 Å². The van der Waals surface area contributed by atoms with Gasteiger partial charge in [0.15, 0.2) is 5.84 Å². The maximum atomic E-state index is 11.9. The molecule has 5 rings (SSSR count). The van der Waals surface area contributed by atoms with Crippen LogP contribution < -0.4 is 9.64 Å². The molecule has 0 spiro atoms. The summed E-state index contributed by atoms with van der Waals surface area (Å²) in [5.74, 6) is 0.480. The molecule has 2 aromatic carbocycles. The molecule has 3 heterocycles. The SMILES string of the molecule is C=NC(=NC=Nc1ccc(N2CCN(C3COC3)CC2)cc1)c1ccc(O[C@H]2CN(C(=O)CO)C[C@@H]2C)c(C#N)c1. The van der Waals surface area contributed by atoms with Crippen molar-refractivity contribution in [1.82, 2.24) is 9.80 Å². The number of aliphatic hydroxyl groups is 1. The molecular formula is C30H35N7O4. The molecule has 3 saturated heterocycles. The molecule has 1 N–H and O–H groups in total. The number of likely N-dealkylation sites (tertiary alicyclic amines) is 1. The van der Waals surface area contributed by atoms with Crippen molar-refractivity contribution in [2.75, 3.05) is 64.0 Å². The normalized spacial score (nSPS) is 22.0. The number of carbonyl (C=O) groups excluding carboxylic acids is 1. The van der Waals surface area contributed by atoms with Crippen LogP contribution in [0.25, 0.3) is 0 Å². The van der Waals surface area contributed by atoms with Crippen molar-refractivity contribution >= 4 is 36.2 Å². The molecular weight excluding hydrogens is 522 g/mol. The van der Waals surface area contributed by atoms with Gasteiger partial charge in [0.2, 0.25) is 5.91 Å². The number of rotatable bonds is 8. The van der Waals surface area contributed by atoms with Crippen molar-refractivity contribution in [2.24, 2.45) is 20.9 Å². The van der Waals surface area contributed by atoms with Gasteiger partial charge in [-0.15, -0.1) is 0 Å². The summed E-state index contributed by atoms with van der Waals surface area (Å²) in [6.45, 7) is 11.7. The second-order valence-corrected chi connectivity index (χ2v) is 10.5. The van der Waals surface area contributed by atoms with E-state index >= 15 is 0 Å². The fourth-order valence-corrected chi connectivity index (χ4v) is 5.30. The van der Waals surface area contributed by atoms with E-state index in [0.29, 0.717) is 41.8 Å². The van der Waals surface area contributed by atoms with E-state index in [1.807, 2.05) is 19.1 Å². The van der Waals surface area contributed by atoms with Gasteiger partial charge in [0.25, 0.3) is 0 Å². The predicted molar refractivity (Wildman–Crippen MR) is 157 cm³/mol. The Bertz CT molecular complexity index is 1340. The zero-order chi connectivity index (χ0) is 28.8. The first kappa shape index (κ1) is 28.4. The number of carbonyl (C=O) groups is 1. The highest BCUT2D eigenvalue weighted by Gasteiger charge is 2.34. The van der Waals surface area contributed by atoms with Gasteiger partial charge in [0.05, 0.1) is 37.1 Å². The van der Waals surface area contributed by atoms with Crippen LogP contribution >= 0.6 is 0 Å². The highest BCUT2D eigenvalue weighted by atomic mass is 16.5. The van der Waals surface area contributed by atoms with Gasteiger partial charge in [-0.05, 0) is 49.2 Å². The summed E-state index contributed by atoms with van der Waals surface area (Å²) < 4.78 is 11.4. The number of benzene rings is 2. The van der Waals surface area contributed by atoms with Gasteiger partial charge in [-0.25, -0.2) is 15.0 Å². The Labute approximate surface area is 240 Å². The minimum atomic E-state index is -0.530. The summed E-state index contributed by atoms with van der Waals surface area (Å²) in [4.78, 5) is 31.2. The Hall–Kier alpha value is -4.11.